The van der Waals surface area contributed by atoms with Gasteiger partial charge in [-0.2, -0.15) is 0 Å². The van der Waals surface area contributed by atoms with Crippen molar-refractivity contribution in [3.05, 3.63) is 59.7 Å². The molecule has 2 aromatic carbocycles. The van der Waals surface area contributed by atoms with E-state index in [9.17, 15) is 4.79 Å². The SMILES string of the molecule is CCc1ccc(OC(C)C(=O)c2ccccc2)c(OC)c1. The number of Topliss-reactive ketones (excluding diaryl/α,β-unsaturated/α-hetero) is 1. The maximum atomic E-state index is 12.3. The molecule has 3 nitrogen and oxygen atoms in total. The van der Waals surface area contributed by atoms with Crippen LogP contribution in [0.5, 0.6) is 11.5 Å². The molecule has 0 saturated carbocycles. The first kappa shape index (κ1) is 15.1. The van der Waals surface area contributed by atoms with Gasteiger partial charge in [-0.1, -0.05) is 43.3 Å². The summed E-state index contributed by atoms with van der Waals surface area (Å²) in [6.45, 7) is 3.83. The van der Waals surface area contributed by atoms with Gasteiger partial charge in [0.2, 0.25) is 5.78 Å². The zero-order chi connectivity index (χ0) is 15.2. The van der Waals surface area contributed by atoms with Gasteiger partial charge < -0.3 is 9.47 Å². The topological polar surface area (TPSA) is 35.5 Å². The summed E-state index contributed by atoms with van der Waals surface area (Å²) < 4.78 is 11.1. The molecule has 2 aromatic rings. The van der Waals surface area contributed by atoms with Crippen molar-refractivity contribution in [2.45, 2.75) is 26.4 Å². The maximum Gasteiger partial charge on any atom is 0.202 e. The zero-order valence-electron chi connectivity index (χ0n) is 12.6. The van der Waals surface area contributed by atoms with Crippen LogP contribution in [0, 0.1) is 0 Å². The van der Waals surface area contributed by atoms with Gasteiger partial charge in [-0.05, 0) is 31.0 Å². The van der Waals surface area contributed by atoms with Gasteiger partial charge >= 0.3 is 0 Å². The molecule has 21 heavy (non-hydrogen) atoms. The number of carbonyl (C=O) groups is 1. The molecule has 0 aromatic heterocycles. The number of methoxy groups -OCH3 is 1. The molecule has 0 heterocycles. The molecule has 0 aliphatic rings. The quantitative estimate of drug-likeness (QED) is 0.754. The normalized spacial score (nSPS) is 11.8. The van der Waals surface area contributed by atoms with E-state index in [1.54, 1.807) is 26.2 Å². The number of aryl methyl sites for hydroxylation is 1. The highest BCUT2D eigenvalue weighted by atomic mass is 16.5. The third-order valence-corrected chi connectivity index (χ3v) is 3.37. The van der Waals surface area contributed by atoms with E-state index >= 15 is 0 Å². The van der Waals surface area contributed by atoms with Crippen molar-refractivity contribution in [2.24, 2.45) is 0 Å². The third-order valence-electron chi connectivity index (χ3n) is 3.37. The Bertz CT molecular complexity index is 605. The standard InChI is InChI=1S/C18H20O3/c1-4-14-10-11-16(17(12-14)20-3)21-13(2)18(19)15-8-6-5-7-9-15/h5-13H,4H2,1-3H3. The minimum atomic E-state index is -0.561. The lowest BCUT2D eigenvalue weighted by atomic mass is 10.1. The number of rotatable bonds is 6. The Kier molecular flexibility index (Phi) is 4.99. The molecule has 0 aliphatic heterocycles. The van der Waals surface area contributed by atoms with Crippen molar-refractivity contribution in [1.82, 2.24) is 0 Å². The second-order valence-electron chi connectivity index (χ2n) is 4.83. The van der Waals surface area contributed by atoms with Crippen molar-refractivity contribution >= 4 is 5.78 Å². The smallest absolute Gasteiger partial charge is 0.202 e. The summed E-state index contributed by atoms with van der Waals surface area (Å²) >= 11 is 0. The molecule has 0 amide bonds. The lowest BCUT2D eigenvalue weighted by Crippen LogP contribution is -2.24. The van der Waals surface area contributed by atoms with E-state index in [1.807, 2.05) is 36.4 Å². The second-order valence-corrected chi connectivity index (χ2v) is 4.83. The van der Waals surface area contributed by atoms with E-state index in [-0.39, 0.29) is 5.78 Å². The fraction of sp³-hybridized carbons (Fsp3) is 0.278. The van der Waals surface area contributed by atoms with Gasteiger partial charge in [-0.15, -0.1) is 0 Å². The Hall–Kier alpha value is -2.29. The Labute approximate surface area is 125 Å². The molecule has 0 saturated heterocycles. The van der Waals surface area contributed by atoms with Crippen LogP contribution in [0.1, 0.15) is 29.8 Å². The van der Waals surface area contributed by atoms with Gasteiger partial charge in [-0.3, -0.25) is 4.79 Å². The molecule has 2 rings (SSSR count). The number of ether oxygens (including phenoxy) is 2. The van der Waals surface area contributed by atoms with Gasteiger partial charge in [0.15, 0.2) is 17.6 Å². The number of hydrogen-bond acceptors (Lipinski definition) is 3. The van der Waals surface area contributed by atoms with E-state index < -0.39 is 6.10 Å². The van der Waals surface area contributed by atoms with Crippen molar-refractivity contribution in [3.63, 3.8) is 0 Å². The first-order valence-electron chi connectivity index (χ1n) is 7.08. The van der Waals surface area contributed by atoms with Crippen LogP contribution in [-0.4, -0.2) is 19.0 Å². The average molecular weight is 284 g/mol. The van der Waals surface area contributed by atoms with Crippen molar-refractivity contribution in [1.29, 1.82) is 0 Å². The van der Waals surface area contributed by atoms with Crippen LogP contribution >= 0.6 is 0 Å². The van der Waals surface area contributed by atoms with Gasteiger partial charge in [0, 0.05) is 5.56 Å². The predicted octanol–water partition coefficient (Wildman–Crippen LogP) is 3.91. The highest BCUT2D eigenvalue weighted by Gasteiger charge is 2.18. The highest BCUT2D eigenvalue weighted by molar-refractivity contribution is 5.99. The summed E-state index contributed by atoms with van der Waals surface area (Å²) in [7, 11) is 1.60. The zero-order valence-corrected chi connectivity index (χ0v) is 12.6. The monoisotopic (exact) mass is 284 g/mol. The van der Waals surface area contributed by atoms with E-state index in [2.05, 4.69) is 6.92 Å². The van der Waals surface area contributed by atoms with Gasteiger partial charge in [0.25, 0.3) is 0 Å². The van der Waals surface area contributed by atoms with Crippen LogP contribution in [0.25, 0.3) is 0 Å². The molecular weight excluding hydrogens is 264 g/mol. The fourth-order valence-electron chi connectivity index (χ4n) is 2.11. The predicted molar refractivity (Wildman–Crippen MR) is 83.2 cm³/mol. The molecule has 1 atom stereocenters. The van der Waals surface area contributed by atoms with Gasteiger partial charge in [-0.25, -0.2) is 0 Å². The van der Waals surface area contributed by atoms with E-state index in [1.165, 1.54) is 5.56 Å². The molecule has 0 bridgehead atoms. The minimum Gasteiger partial charge on any atom is -0.493 e. The lowest BCUT2D eigenvalue weighted by Gasteiger charge is -2.16. The molecule has 1 unspecified atom stereocenters. The fourth-order valence-corrected chi connectivity index (χ4v) is 2.11. The molecule has 0 N–H and O–H groups in total. The molecule has 0 aliphatic carbocycles. The largest absolute Gasteiger partial charge is 0.493 e. The second kappa shape index (κ2) is 6.93. The summed E-state index contributed by atoms with van der Waals surface area (Å²) in [5.41, 5.74) is 1.82. The number of carbonyl (C=O) groups excluding carboxylic acids is 1. The van der Waals surface area contributed by atoms with Crippen LogP contribution in [-0.2, 0) is 6.42 Å². The highest BCUT2D eigenvalue weighted by Crippen LogP contribution is 2.29. The van der Waals surface area contributed by atoms with E-state index in [0.717, 1.165) is 6.42 Å². The molecule has 110 valence electrons. The Balaban J connectivity index is 2.16. The summed E-state index contributed by atoms with van der Waals surface area (Å²) in [5, 5.41) is 0. The van der Waals surface area contributed by atoms with Gasteiger partial charge in [0.1, 0.15) is 0 Å². The molecule has 0 radical (unpaired) electrons. The number of ketones is 1. The van der Waals surface area contributed by atoms with Crippen LogP contribution in [0.15, 0.2) is 48.5 Å². The van der Waals surface area contributed by atoms with Crippen LogP contribution in [0.2, 0.25) is 0 Å². The Morgan fingerprint density at radius 3 is 2.43 bits per heavy atom. The molecule has 0 fully saturated rings. The van der Waals surface area contributed by atoms with Crippen molar-refractivity contribution in [2.75, 3.05) is 7.11 Å². The first-order valence-corrected chi connectivity index (χ1v) is 7.08. The van der Waals surface area contributed by atoms with Crippen LogP contribution in [0.4, 0.5) is 0 Å². The van der Waals surface area contributed by atoms with Crippen LogP contribution < -0.4 is 9.47 Å². The third kappa shape index (κ3) is 3.63. The summed E-state index contributed by atoms with van der Waals surface area (Å²) in [5.74, 6) is 1.20. The summed E-state index contributed by atoms with van der Waals surface area (Å²) in [4.78, 5) is 12.3. The molecular formula is C18H20O3. The molecule has 3 heteroatoms. The number of hydrogen-bond donors (Lipinski definition) is 0. The first-order chi connectivity index (χ1) is 10.2. The Morgan fingerprint density at radius 1 is 1.10 bits per heavy atom. The average Bonchev–Trinajstić information content (AvgIpc) is 2.55. The van der Waals surface area contributed by atoms with Crippen molar-refractivity contribution < 1.29 is 14.3 Å². The van der Waals surface area contributed by atoms with E-state index in [0.29, 0.717) is 17.1 Å². The lowest BCUT2D eigenvalue weighted by molar-refractivity contribution is 0.0814. The van der Waals surface area contributed by atoms with E-state index in [4.69, 9.17) is 9.47 Å². The Morgan fingerprint density at radius 2 is 1.81 bits per heavy atom. The minimum absolute atomic E-state index is 0.0442. The van der Waals surface area contributed by atoms with Gasteiger partial charge in [0.05, 0.1) is 7.11 Å². The number of benzene rings is 2. The summed E-state index contributed by atoms with van der Waals surface area (Å²) in [6.07, 6.45) is 0.364. The van der Waals surface area contributed by atoms with Crippen molar-refractivity contribution in [3.8, 4) is 11.5 Å². The molecule has 0 spiro atoms. The van der Waals surface area contributed by atoms with Crippen LogP contribution in [0.3, 0.4) is 0 Å². The maximum absolute atomic E-state index is 12.3. The summed E-state index contributed by atoms with van der Waals surface area (Å²) in [6, 6.07) is 14.9.